The Balaban J connectivity index is 4.30. The molecule has 0 rings (SSSR count). The standard InChI is InChI=1S/C12H22O3/c1-4-7-8-11(15-6-3)9-10(5-2)12(13)14/h8,10H,4-7,9H2,1-3H3,(H,13,14)/b11-8-. The van der Waals surface area contributed by atoms with Gasteiger partial charge < -0.3 is 9.84 Å². The van der Waals surface area contributed by atoms with Gasteiger partial charge in [0.05, 0.1) is 18.3 Å². The Morgan fingerprint density at radius 2 is 2.07 bits per heavy atom. The second-order valence-corrected chi connectivity index (χ2v) is 3.54. The van der Waals surface area contributed by atoms with E-state index >= 15 is 0 Å². The van der Waals surface area contributed by atoms with Gasteiger partial charge in [-0.3, -0.25) is 4.79 Å². The van der Waals surface area contributed by atoms with Crippen LogP contribution in [0.1, 0.15) is 46.5 Å². The number of allylic oxidation sites excluding steroid dienone is 2. The van der Waals surface area contributed by atoms with Gasteiger partial charge in [0, 0.05) is 6.42 Å². The minimum atomic E-state index is -0.736. The Bertz CT molecular complexity index is 209. The summed E-state index contributed by atoms with van der Waals surface area (Å²) in [6, 6.07) is 0. The van der Waals surface area contributed by atoms with Crippen LogP contribution in [0, 0.1) is 5.92 Å². The molecule has 0 radical (unpaired) electrons. The first-order valence-electron chi connectivity index (χ1n) is 5.70. The zero-order valence-corrected chi connectivity index (χ0v) is 9.95. The van der Waals surface area contributed by atoms with Crippen LogP contribution in [0.4, 0.5) is 0 Å². The van der Waals surface area contributed by atoms with Crippen LogP contribution in [-0.2, 0) is 9.53 Å². The molecule has 0 amide bonds. The smallest absolute Gasteiger partial charge is 0.306 e. The molecule has 88 valence electrons. The van der Waals surface area contributed by atoms with Crippen LogP contribution in [0.25, 0.3) is 0 Å². The fourth-order valence-electron chi connectivity index (χ4n) is 1.34. The van der Waals surface area contributed by atoms with Gasteiger partial charge in [0.2, 0.25) is 0 Å². The third kappa shape index (κ3) is 6.15. The van der Waals surface area contributed by atoms with Gasteiger partial charge in [-0.1, -0.05) is 20.3 Å². The van der Waals surface area contributed by atoms with Gasteiger partial charge in [-0.25, -0.2) is 0 Å². The predicted molar refractivity (Wildman–Crippen MR) is 60.7 cm³/mol. The fraction of sp³-hybridized carbons (Fsp3) is 0.750. The summed E-state index contributed by atoms with van der Waals surface area (Å²) in [7, 11) is 0. The molecule has 0 aliphatic carbocycles. The van der Waals surface area contributed by atoms with Crippen LogP contribution in [0.5, 0.6) is 0 Å². The third-order valence-corrected chi connectivity index (χ3v) is 2.28. The number of unbranched alkanes of at least 4 members (excludes halogenated alkanes) is 1. The maximum absolute atomic E-state index is 10.9. The largest absolute Gasteiger partial charge is 0.499 e. The van der Waals surface area contributed by atoms with E-state index in [0.29, 0.717) is 19.4 Å². The minimum absolute atomic E-state index is 0.320. The molecule has 0 saturated carbocycles. The van der Waals surface area contributed by atoms with E-state index in [1.165, 1.54) is 0 Å². The van der Waals surface area contributed by atoms with Crippen LogP contribution in [0.3, 0.4) is 0 Å². The number of ether oxygens (including phenoxy) is 1. The van der Waals surface area contributed by atoms with Gasteiger partial charge in [-0.05, 0) is 25.8 Å². The number of hydrogen-bond acceptors (Lipinski definition) is 2. The van der Waals surface area contributed by atoms with Gasteiger partial charge in [-0.15, -0.1) is 0 Å². The van der Waals surface area contributed by atoms with E-state index in [1.807, 2.05) is 19.9 Å². The molecule has 3 nitrogen and oxygen atoms in total. The van der Waals surface area contributed by atoms with Crippen molar-refractivity contribution in [3.8, 4) is 0 Å². The summed E-state index contributed by atoms with van der Waals surface area (Å²) in [4.78, 5) is 10.9. The van der Waals surface area contributed by atoms with Crippen molar-refractivity contribution in [3.05, 3.63) is 11.8 Å². The Labute approximate surface area is 92.1 Å². The highest BCUT2D eigenvalue weighted by Gasteiger charge is 2.17. The summed E-state index contributed by atoms with van der Waals surface area (Å²) >= 11 is 0. The highest BCUT2D eigenvalue weighted by molar-refractivity contribution is 5.70. The lowest BCUT2D eigenvalue weighted by Gasteiger charge is -2.13. The van der Waals surface area contributed by atoms with Crippen LogP contribution in [0.2, 0.25) is 0 Å². The van der Waals surface area contributed by atoms with Crippen LogP contribution in [0.15, 0.2) is 11.8 Å². The Morgan fingerprint density at radius 3 is 2.47 bits per heavy atom. The quantitative estimate of drug-likeness (QED) is 0.631. The number of hydrogen-bond donors (Lipinski definition) is 1. The topological polar surface area (TPSA) is 46.5 Å². The van der Waals surface area contributed by atoms with Gasteiger partial charge >= 0.3 is 5.97 Å². The molecular formula is C12H22O3. The molecule has 0 aromatic rings. The zero-order chi connectivity index (χ0) is 11.7. The van der Waals surface area contributed by atoms with Crippen LogP contribution < -0.4 is 0 Å². The molecule has 0 fully saturated rings. The number of carboxylic acid groups (broad SMARTS) is 1. The predicted octanol–water partition coefficient (Wildman–Crippen LogP) is 3.21. The zero-order valence-electron chi connectivity index (χ0n) is 9.95. The number of carbonyl (C=O) groups is 1. The van der Waals surface area contributed by atoms with Crippen molar-refractivity contribution in [3.63, 3.8) is 0 Å². The van der Waals surface area contributed by atoms with Crippen molar-refractivity contribution < 1.29 is 14.6 Å². The van der Waals surface area contributed by atoms with E-state index in [1.54, 1.807) is 0 Å². The maximum atomic E-state index is 10.9. The van der Waals surface area contributed by atoms with Crippen LogP contribution in [-0.4, -0.2) is 17.7 Å². The van der Waals surface area contributed by atoms with E-state index in [9.17, 15) is 4.79 Å². The lowest BCUT2D eigenvalue weighted by atomic mass is 10.0. The lowest BCUT2D eigenvalue weighted by Crippen LogP contribution is -2.14. The molecule has 3 heteroatoms. The summed E-state index contributed by atoms with van der Waals surface area (Å²) < 4.78 is 5.42. The molecule has 0 heterocycles. The Morgan fingerprint density at radius 1 is 1.40 bits per heavy atom. The van der Waals surface area contributed by atoms with E-state index in [4.69, 9.17) is 9.84 Å². The van der Waals surface area contributed by atoms with Crippen molar-refractivity contribution in [2.75, 3.05) is 6.61 Å². The number of rotatable bonds is 8. The first kappa shape index (κ1) is 14.0. The first-order valence-corrected chi connectivity index (χ1v) is 5.70. The van der Waals surface area contributed by atoms with Gasteiger partial charge in [0.1, 0.15) is 0 Å². The van der Waals surface area contributed by atoms with E-state index < -0.39 is 5.97 Å². The molecule has 0 aliphatic heterocycles. The number of carboxylic acids is 1. The molecule has 1 atom stereocenters. The second kappa shape index (κ2) is 8.33. The first-order chi connectivity index (χ1) is 7.15. The highest BCUT2D eigenvalue weighted by Crippen LogP contribution is 2.17. The van der Waals surface area contributed by atoms with E-state index in [2.05, 4.69) is 6.92 Å². The normalized spacial score (nSPS) is 13.7. The minimum Gasteiger partial charge on any atom is -0.499 e. The average Bonchev–Trinajstić information content (AvgIpc) is 2.21. The Kier molecular flexibility index (Phi) is 7.78. The molecular weight excluding hydrogens is 192 g/mol. The van der Waals surface area contributed by atoms with E-state index in [0.717, 1.165) is 18.6 Å². The summed E-state index contributed by atoms with van der Waals surface area (Å²) in [5, 5.41) is 8.93. The average molecular weight is 214 g/mol. The molecule has 0 aromatic heterocycles. The highest BCUT2D eigenvalue weighted by atomic mass is 16.5. The van der Waals surface area contributed by atoms with Crippen molar-refractivity contribution in [1.29, 1.82) is 0 Å². The third-order valence-electron chi connectivity index (χ3n) is 2.28. The number of aliphatic carboxylic acids is 1. The molecule has 0 aromatic carbocycles. The van der Waals surface area contributed by atoms with Gasteiger partial charge in [0.15, 0.2) is 0 Å². The molecule has 0 bridgehead atoms. The van der Waals surface area contributed by atoms with E-state index in [-0.39, 0.29) is 5.92 Å². The fourth-order valence-corrected chi connectivity index (χ4v) is 1.34. The van der Waals surface area contributed by atoms with Gasteiger partial charge in [0.25, 0.3) is 0 Å². The van der Waals surface area contributed by atoms with Crippen molar-refractivity contribution in [2.24, 2.45) is 5.92 Å². The summed E-state index contributed by atoms with van der Waals surface area (Å²) in [5.74, 6) is -0.229. The molecule has 0 spiro atoms. The monoisotopic (exact) mass is 214 g/mol. The summed E-state index contributed by atoms with van der Waals surface area (Å²) in [5.41, 5.74) is 0. The molecule has 1 N–H and O–H groups in total. The molecule has 1 unspecified atom stereocenters. The Hall–Kier alpha value is -0.990. The molecule has 15 heavy (non-hydrogen) atoms. The second-order valence-electron chi connectivity index (χ2n) is 3.54. The SMILES string of the molecule is CCC/C=C(/CC(CC)C(=O)O)OCC. The molecule has 0 saturated heterocycles. The summed E-state index contributed by atoms with van der Waals surface area (Å²) in [6.45, 7) is 6.50. The van der Waals surface area contributed by atoms with Crippen LogP contribution >= 0.6 is 0 Å². The lowest BCUT2D eigenvalue weighted by molar-refractivity contribution is -0.142. The molecule has 0 aliphatic rings. The van der Waals surface area contributed by atoms with Crippen molar-refractivity contribution in [2.45, 2.75) is 46.5 Å². The maximum Gasteiger partial charge on any atom is 0.306 e. The summed E-state index contributed by atoms with van der Waals surface area (Å²) in [6.07, 6.45) is 5.17. The van der Waals surface area contributed by atoms with Crippen molar-refractivity contribution >= 4 is 5.97 Å². The van der Waals surface area contributed by atoms with Gasteiger partial charge in [-0.2, -0.15) is 0 Å². The van der Waals surface area contributed by atoms with Crippen molar-refractivity contribution in [1.82, 2.24) is 0 Å².